The third kappa shape index (κ3) is 2.02. The van der Waals surface area contributed by atoms with E-state index < -0.39 is 5.97 Å². The molecule has 0 saturated heterocycles. The van der Waals surface area contributed by atoms with Crippen LogP contribution >= 0.6 is 0 Å². The second-order valence-electron chi connectivity index (χ2n) is 5.45. The molecule has 1 N–H and O–H groups in total. The van der Waals surface area contributed by atoms with Crippen LogP contribution in [0, 0.1) is 5.92 Å². The molecule has 2 aliphatic rings. The fraction of sp³-hybridized carbons (Fsp3) is 0.769. The van der Waals surface area contributed by atoms with Crippen LogP contribution in [0.4, 0.5) is 0 Å². The Hall–Kier alpha value is -1.39. The molecular weight excluding hydrogens is 232 g/mol. The van der Waals surface area contributed by atoms with Gasteiger partial charge in [-0.1, -0.05) is 24.4 Å². The van der Waals surface area contributed by atoms with Gasteiger partial charge in [-0.05, 0) is 25.7 Å². The van der Waals surface area contributed by atoms with Crippen molar-refractivity contribution in [3.63, 3.8) is 0 Å². The summed E-state index contributed by atoms with van der Waals surface area (Å²) in [5, 5.41) is 13.2. The summed E-state index contributed by atoms with van der Waals surface area (Å²) in [5.74, 6) is 0.595. The zero-order valence-corrected chi connectivity index (χ0v) is 10.3. The van der Waals surface area contributed by atoms with Gasteiger partial charge < -0.3 is 9.63 Å². The van der Waals surface area contributed by atoms with Gasteiger partial charge in [-0.2, -0.15) is 4.98 Å². The molecule has 2 unspecified atom stereocenters. The van der Waals surface area contributed by atoms with Crippen molar-refractivity contribution in [2.45, 2.75) is 56.8 Å². The van der Waals surface area contributed by atoms with Crippen molar-refractivity contribution >= 4 is 5.97 Å². The summed E-state index contributed by atoms with van der Waals surface area (Å²) >= 11 is 0. The lowest BCUT2D eigenvalue weighted by atomic mass is 9.96. The highest BCUT2D eigenvalue weighted by Crippen LogP contribution is 2.40. The van der Waals surface area contributed by atoms with Crippen molar-refractivity contribution in [2.24, 2.45) is 5.92 Å². The van der Waals surface area contributed by atoms with Gasteiger partial charge in [0.05, 0.1) is 11.8 Å². The Labute approximate surface area is 106 Å². The van der Waals surface area contributed by atoms with E-state index in [2.05, 4.69) is 10.1 Å². The van der Waals surface area contributed by atoms with Gasteiger partial charge in [0.25, 0.3) is 0 Å². The molecule has 0 aliphatic heterocycles. The van der Waals surface area contributed by atoms with E-state index in [1.54, 1.807) is 0 Å². The summed E-state index contributed by atoms with van der Waals surface area (Å²) in [6.07, 6.45) is 7.23. The van der Waals surface area contributed by atoms with Crippen LogP contribution in [0.2, 0.25) is 0 Å². The van der Waals surface area contributed by atoms with Crippen molar-refractivity contribution in [3.8, 4) is 0 Å². The highest BCUT2D eigenvalue weighted by atomic mass is 16.5. The maximum atomic E-state index is 11.2. The Kier molecular flexibility index (Phi) is 3.06. The van der Waals surface area contributed by atoms with Crippen LogP contribution in [0.1, 0.15) is 68.5 Å². The van der Waals surface area contributed by atoms with Crippen LogP contribution in [0.5, 0.6) is 0 Å². The summed E-state index contributed by atoms with van der Waals surface area (Å²) < 4.78 is 5.32. The Morgan fingerprint density at radius 1 is 1.17 bits per heavy atom. The van der Waals surface area contributed by atoms with E-state index in [4.69, 9.17) is 4.52 Å². The van der Waals surface area contributed by atoms with Crippen LogP contribution in [-0.4, -0.2) is 21.2 Å². The van der Waals surface area contributed by atoms with E-state index in [9.17, 15) is 9.90 Å². The summed E-state index contributed by atoms with van der Waals surface area (Å²) in [6, 6.07) is 0. The summed E-state index contributed by atoms with van der Waals surface area (Å²) in [7, 11) is 0. The Balaban J connectivity index is 1.78. The maximum absolute atomic E-state index is 11.2. The number of aromatic nitrogens is 2. The molecule has 1 heterocycles. The summed E-state index contributed by atoms with van der Waals surface area (Å²) in [4.78, 5) is 15.6. The fourth-order valence-corrected chi connectivity index (χ4v) is 3.30. The number of aliphatic carboxylic acids is 1. The van der Waals surface area contributed by atoms with Crippen molar-refractivity contribution in [1.29, 1.82) is 0 Å². The van der Waals surface area contributed by atoms with Crippen LogP contribution in [0.15, 0.2) is 4.52 Å². The average Bonchev–Trinajstić information content (AvgIpc) is 3.10. The largest absolute Gasteiger partial charge is 0.481 e. The SMILES string of the molecule is O=C(O)C1CCCC1c1nc(C2CCCC2)no1. The van der Waals surface area contributed by atoms with Gasteiger partial charge in [0, 0.05) is 5.92 Å². The van der Waals surface area contributed by atoms with Gasteiger partial charge in [0.15, 0.2) is 5.82 Å². The molecule has 0 amide bonds. The first-order valence-corrected chi connectivity index (χ1v) is 6.82. The average molecular weight is 250 g/mol. The number of carbonyl (C=O) groups is 1. The molecule has 18 heavy (non-hydrogen) atoms. The molecule has 3 rings (SSSR count). The number of nitrogens with zero attached hydrogens (tertiary/aromatic N) is 2. The quantitative estimate of drug-likeness (QED) is 0.892. The molecule has 1 aromatic rings. The third-order valence-corrected chi connectivity index (χ3v) is 4.33. The Morgan fingerprint density at radius 3 is 2.67 bits per heavy atom. The number of rotatable bonds is 3. The van der Waals surface area contributed by atoms with E-state index in [0.29, 0.717) is 11.8 Å². The first-order chi connectivity index (χ1) is 8.75. The molecule has 2 atom stereocenters. The van der Waals surface area contributed by atoms with Crippen LogP contribution in [0.25, 0.3) is 0 Å². The maximum Gasteiger partial charge on any atom is 0.307 e. The van der Waals surface area contributed by atoms with Crippen LogP contribution in [0.3, 0.4) is 0 Å². The summed E-state index contributed by atoms with van der Waals surface area (Å²) in [5.41, 5.74) is 0. The normalized spacial score (nSPS) is 28.9. The molecular formula is C13H18N2O3. The van der Waals surface area contributed by atoms with Crippen LogP contribution < -0.4 is 0 Å². The van der Waals surface area contributed by atoms with Crippen molar-refractivity contribution in [1.82, 2.24) is 10.1 Å². The Morgan fingerprint density at radius 2 is 1.94 bits per heavy atom. The third-order valence-electron chi connectivity index (χ3n) is 4.33. The minimum atomic E-state index is -0.738. The second kappa shape index (κ2) is 4.71. The molecule has 1 aromatic heterocycles. The highest BCUT2D eigenvalue weighted by molar-refractivity contribution is 5.71. The van der Waals surface area contributed by atoms with Gasteiger partial charge in [0.1, 0.15) is 0 Å². The van der Waals surface area contributed by atoms with E-state index >= 15 is 0 Å². The van der Waals surface area contributed by atoms with E-state index in [-0.39, 0.29) is 11.8 Å². The molecule has 0 aromatic carbocycles. The number of carboxylic acids is 1. The van der Waals surface area contributed by atoms with Gasteiger partial charge in [0.2, 0.25) is 5.89 Å². The minimum Gasteiger partial charge on any atom is -0.481 e. The first-order valence-electron chi connectivity index (χ1n) is 6.82. The smallest absolute Gasteiger partial charge is 0.307 e. The zero-order chi connectivity index (χ0) is 12.5. The summed E-state index contributed by atoms with van der Waals surface area (Å²) in [6.45, 7) is 0. The lowest BCUT2D eigenvalue weighted by Gasteiger charge is -2.10. The van der Waals surface area contributed by atoms with E-state index in [1.807, 2.05) is 0 Å². The topological polar surface area (TPSA) is 76.2 Å². The van der Waals surface area contributed by atoms with E-state index in [1.165, 1.54) is 12.8 Å². The van der Waals surface area contributed by atoms with Gasteiger partial charge >= 0.3 is 5.97 Å². The molecule has 0 bridgehead atoms. The van der Waals surface area contributed by atoms with E-state index in [0.717, 1.165) is 37.9 Å². The number of carboxylic acid groups (broad SMARTS) is 1. The van der Waals surface area contributed by atoms with Gasteiger partial charge in [-0.15, -0.1) is 0 Å². The molecule has 5 heteroatoms. The van der Waals surface area contributed by atoms with Crippen molar-refractivity contribution < 1.29 is 14.4 Å². The molecule has 2 aliphatic carbocycles. The molecule has 2 fully saturated rings. The van der Waals surface area contributed by atoms with Gasteiger partial charge in [-0.25, -0.2) is 0 Å². The van der Waals surface area contributed by atoms with Crippen molar-refractivity contribution in [2.75, 3.05) is 0 Å². The monoisotopic (exact) mass is 250 g/mol. The molecule has 2 saturated carbocycles. The highest BCUT2D eigenvalue weighted by Gasteiger charge is 2.38. The minimum absolute atomic E-state index is 0.0786. The zero-order valence-electron chi connectivity index (χ0n) is 10.3. The lowest BCUT2D eigenvalue weighted by Crippen LogP contribution is -2.17. The predicted molar refractivity (Wildman–Crippen MR) is 63.2 cm³/mol. The number of hydrogen-bond acceptors (Lipinski definition) is 4. The lowest BCUT2D eigenvalue weighted by molar-refractivity contribution is -0.142. The molecule has 0 radical (unpaired) electrons. The Bertz CT molecular complexity index is 437. The van der Waals surface area contributed by atoms with Gasteiger partial charge in [-0.3, -0.25) is 4.79 Å². The predicted octanol–water partition coefficient (Wildman–Crippen LogP) is 2.70. The molecule has 5 nitrogen and oxygen atoms in total. The molecule has 0 spiro atoms. The standard InChI is InChI=1S/C13H18N2O3/c16-13(17)10-7-3-6-9(10)12-14-11(15-18-12)8-4-1-2-5-8/h8-10H,1-7H2,(H,16,17). The molecule has 98 valence electrons. The van der Waals surface area contributed by atoms with Crippen LogP contribution in [-0.2, 0) is 4.79 Å². The first kappa shape index (κ1) is 11.7. The second-order valence-corrected chi connectivity index (χ2v) is 5.45. The fourth-order valence-electron chi connectivity index (χ4n) is 3.30. The number of hydrogen-bond donors (Lipinski definition) is 1. The van der Waals surface area contributed by atoms with Crippen molar-refractivity contribution in [3.05, 3.63) is 11.7 Å².